The number of nitrogens with zero attached hydrogens (tertiary/aromatic N) is 6. The van der Waals surface area contributed by atoms with Crippen molar-refractivity contribution in [2.45, 2.75) is 62.7 Å². The largest absolute Gasteiger partial charge is 0.432 e. The molecule has 5 atom stereocenters. The van der Waals surface area contributed by atoms with E-state index in [1.807, 2.05) is 74.6 Å². The summed E-state index contributed by atoms with van der Waals surface area (Å²) >= 11 is 0. The maximum Gasteiger partial charge on any atom is 0.269 e. The lowest BCUT2D eigenvalue weighted by Crippen LogP contribution is -2.48. The fourth-order valence-electron chi connectivity index (χ4n) is 8.39. The van der Waals surface area contributed by atoms with E-state index in [0.717, 1.165) is 16.8 Å². The molecule has 4 aromatic rings. The molecule has 2 saturated heterocycles. The standard InChI is InChI=1S/C37H43N7O7Si/c1-24-35(52(2,3)50)33(14-16-41-22-31(39-40-41)29(23-45)26-9-5-4-6-10-26)51-37(24)30-19-28(44(48)49)12-13-32(30)43(36(37)47)21-25-8-7-11-27(18-25)42-17-15-38-20-34(42)46/h4-13,18-19,22,24,29,33,35,38,45,50H,14-17,20-21,23H2,1-3H3/t24-,29?,33+,35-,37+/m1/s1. The van der Waals surface area contributed by atoms with Crippen LogP contribution in [0.3, 0.4) is 0 Å². The van der Waals surface area contributed by atoms with Crippen molar-refractivity contribution in [3.05, 3.63) is 111 Å². The van der Waals surface area contributed by atoms with Gasteiger partial charge in [-0.25, -0.2) is 0 Å². The van der Waals surface area contributed by atoms with E-state index in [9.17, 15) is 29.6 Å². The van der Waals surface area contributed by atoms with Gasteiger partial charge in [0.2, 0.25) is 5.91 Å². The number of nitro groups is 1. The number of rotatable bonds is 11. The van der Waals surface area contributed by atoms with Crippen LogP contribution >= 0.6 is 0 Å². The van der Waals surface area contributed by atoms with E-state index in [2.05, 4.69) is 15.6 Å². The van der Waals surface area contributed by atoms with Crippen molar-refractivity contribution in [2.24, 2.45) is 5.92 Å². The van der Waals surface area contributed by atoms with Gasteiger partial charge in [-0.15, -0.1) is 5.10 Å². The van der Waals surface area contributed by atoms with Crippen LogP contribution in [0.25, 0.3) is 0 Å². The van der Waals surface area contributed by atoms with Crippen LogP contribution in [0.2, 0.25) is 18.6 Å². The molecule has 0 aliphatic carbocycles. The third kappa shape index (κ3) is 6.32. The molecule has 0 radical (unpaired) electrons. The Balaban J connectivity index is 1.20. The predicted molar refractivity (Wildman–Crippen MR) is 195 cm³/mol. The molecule has 15 heteroatoms. The molecule has 4 heterocycles. The average molecular weight is 726 g/mol. The van der Waals surface area contributed by atoms with Gasteiger partial charge >= 0.3 is 0 Å². The molecule has 2 fully saturated rings. The normalized spacial score (nSPS) is 23.8. The van der Waals surface area contributed by atoms with E-state index >= 15 is 0 Å². The summed E-state index contributed by atoms with van der Waals surface area (Å²) in [4.78, 5) is 54.1. The predicted octanol–water partition coefficient (Wildman–Crippen LogP) is 3.68. The molecule has 1 aromatic heterocycles. The van der Waals surface area contributed by atoms with Crippen molar-refractivity contribution in [1.82, 2.24) is 20.3 Å². The fraction of sp³-hybridized carbons (Fsp3) is 0.405. The molecule has 3 N–H and O–H groups in total. The SMILES string of the molecule is C[C@@H]1[C@@H]([Si](C)(C)O)[C@H](CCn2cc(C(CO)c3ccccc3)nn2)O[C@@]12C(=O)N(Cc1cccc(N3CCNCC3=O)c1)c1ccc([N+](=O)[O-])cc12. The summed E-state index contributed by atoms with van der Waals surface area (Å²) in [7, 11) is -3.01. The van der Waals surface area contributed by atoms with Crippen LogP contribution in [-0.4, -0.2) is 82.3 Å². The van der Waals surface area contributed by atoms with Gasteiger partial charge in [-0.1, -0.05) is 54.6 Å². The summed E-state index contributed by atoms with van der Waals surface area (Å²) in [5, 5.41) is 33.9. The molecular weight excluding hydrogens is 683 g/mol. The molecule has 1 unspecified atom stereocenters. The molecule has 0 saturated carbocycles. The second-order valence-corrected chi connectivity index (χ2v) is 18.4. The van der Waals surface area contributed by atoms with Gasteiger partial charge in [0.1, 0.15) is 0 Å². The average Bonchev–Trinajstić information content (AvgIpc) is 3.78. The third-order valence-corrected chi connectivity index (χ3v) is 13.3. The molecule has 14 nitrogen and oxygen atoms in total. The lowest BCUT2D eigenvalue weighted by Gasteiger charge is -2.32. The lowest BCUT2D eigenvalue weighted by atomic mass is 9.82. The molecule has 0 bridgehead atoms. The van der Waals surface area contributed by atoms with Crippen molar-refractivity contribution < 1.29 is 29.2 Å². The first-order valence-corrected chi connectivity index (χ1v) is 20.6. The number of aliphatic hydroxyl groups is 1. The van der Waals surface area contributed by atoms with Crippen molar-refractivity contribution in [2.75, 3.05) is 36.0 Å². The van der Waals surface area contributed by atoms with E-state index in [1.165, 1.54) is 12.1 Å². The Morgan fingerprint density at radius 1 is 1.12 bits per heavy atom. The van der Waals surface area contributed by atoms with Crippen LogP contribution in [0, 0.1) is 16.0 Å². The number of hydrogen-bond donors (Lipinski definition) is 3. The van der Waals surface area contributed by atoms with Crippen molar-refractivity contribution in [1.29, 1.82) is 0 Å². The number of aliphatic hydroxyl groups excluding tert-OH is 1. The Morgan fingerprint density at radius 3 is 2.62 bits per heavy atom. The quantitative estimate of drug-likeness (QED) is 0.118. The van der Waals surface area contributed by atoms with E-state index in [-0.39, 0.29) is 43.1 Å². The number of fused-ring (bicyclic) bond motifs is 2. The monoisotopic (exact) mass is 725 g/mol. The second kappa shape index (κ2) is 14.0. The van der Waals surface area contributed by atoms with Crippen molar-refractivity contribution in [3.8, 4) is 0 Å². The summed E-state index contributed by atoms with van der Waals surface area (Å²) in [6.45, 7) is 7.40. The molecule has 272 valence electrons. The first-order chi connectivity index (χ1) is 24.9. The van der Waals surface area contributed by atoms with Crippen LogP contribution in [0.4, 0.5) is 17.1 Å². The van der Waals surface area contributed by atoms with E-state index < -0.39 is 36.4 Å². The highest BCUT2D eigenvalue weighted by Gasteiger charge is 2.66. The van der Waals surface area contributed by atoms with E-state index in [4.69, 9.17) is 4.74 Å². The number of aryl methyl sites for hydroxylation is 1. The number of benzene rings is 3. The Labute approximate surface area is 302 Å². The Morgan fingerprint density at radius 2 is 1.90 bits per heavy atom. The molecule has 3 aromatic carbocycles. The second-order valence-electron chi connectivity index (χ2n) is 14.4. The summed E-state index contributed by atoms with van der Waals surface area (Å²) in [6.07, 6.45) is 1.61. The van der Waals surface area contributed by atoms with Crippen LogP contribution in [0.1, 0.15) is 41.6 Å². The maximum atomic E-state index is 14.9. The number of nitrogens with one attached hydrogen (secondary N) is 1. The van der Waals surface area contributed by atoms with Crippen LogP contribution in [0.15, 0.2) is 79.0 Å². The topological polar surface area (TPSA) is 176 Å². The summed E-state index contributed by atoms with van der Waals surface area (Å²) in [5.41, 5.74) is 1.85. The number of aromatic nitrogens is 3. The molecule has 2 amide bonds. The van der Waals surface area contributed by atoms with Gasteiger partial charge in [-0.2, -0.15) is 0 Å². The van der Waals surface area contributed by atoms with E-state index in [1.54, 1.807) is 26.7 Å². The number of carbonyl (C=O) groups is 2. The summed E-state index contributed by atoms with van der Waals surface area (Å²) in [5.74, 6) is -1.24. The highest BCUT2D eigenvalue weighted by Crippen LogP contribution is 2.60. The Kier molecular flexibility index (Phi) is 9.56. The number of piperazine rings is 1. The Bertz CT molecular complexity index is 1990. The number of hydrogen-bond acceptors (Lipinski definition) is 10. The van der Waals surface area contributed by atoms with Gasteiger partial charge in [0.25, 0.3) is 11.6 Å². The highest BCUT2D eigenvalue weighted by atomic mass is 28.4. The molecule has 3 aliphatic rings. The smallest absolute Gasteiger partial charge is 0.269 e. The minimum absolute atomic E-state index is 0.0372. The fourth-order valence-corrected chi connectivity index (χ4v) is 11.0. The van der Waals surface area contributed by atoms with Gasteiger partial charge in [-0.05, 0) is 48.8 Å². The number of ether oxygens (including phenoxy) is 1. The van der Waals surface area contributed by atoms with Crippen LogP contribution < -0.4 is 15.1 Å². The molecule has 1 spiro atoms. The van der Waals surface area contributed by atoms with Gasteiger partial charge in [-0.3, -0.25) is 24.4 Å². The van der Waals surface area contributed by atoms with Gasteiger partial charge in [0.05, 0.1) is 48.0 Å². The number of anilines is 2. The van der Waals surface area contributed by atoms with Crippen molar-refractivity contribution in [3.63, 3.8) is 0 Å². The first-order valence-electron chi connectivity index (χ1n) is 17.6. The zero-order chi connectivity index (χ0) is 36.8. The van der Waals surface area contributed by atoms with Gasteiger partial charge in [0.15, 0.2) is 13.9 Å². The maximum absolute atomic E-state index is 14.9. The van der Waals surface area contributed by atoms with Gasteiger partial charge < -0.3 is 29.8 Å². The van der Waals surface area contributed by atoms with Crippen LogP contribution in [-0.2, 0) is 33.0 Å². The minimum Gasteiger partial charge on any atom is -0.432 e. The summed E-state index contributed by atoms with van der Waals surface area (Å²) in [6, 6.07) is 21.5. The number of non-ortho nitro benzene ring substituents is 1. The minimum atomic E-state index is -3.01. The van der Waals surface area contributed by atoms with Gasteiger partial charge in [0, 0.05) is 60.7 Å². The molecule has 7 rings (SSSR count). The molecule has 3 aliphatic heterocycles. The number of nitro benzene ring substituents is 1. The molecule has 52 heavy (non-hydrogen) atoms. The van der Waals surface area contributed by atoms with Crippen LogP contribution in [0.5, 0.6) is 0 Å². The van der Waals surface area contributed by atoms with Crippen molar-refractivity contribution >= 4 is 37.2 Å². The number of carbonyl (C=O) groups excluding carboxylic acids is 2. The zero-order valence-corrected chi connectivity index (χ0v) is 30.4. The first kappa shape index (κ1) is 35.6. The lowest BCUT2D eigenvalue weighted by molar-refractivity contribution is -0.385. The molecular formula is C37H43N7O7Si. The summed E-state index contributed by atoms with van der Waals surface area (Å²) < 4.78 is 8.58. The third-order valence-electron chi connectivity index (χ3n) is 10.8. The highest BCUT2D eigenvalue weighted by molar-refractivity contribution is 6.71. The Hall–Kier alpha value is -4.80. The number of amides is 2. The zero-order valence-electron chi connectivity index (χ0n) is 29.4. The van der Waals surface area contributed by atoms with E-state index in [0.29, 0.717) is 43.0 Å².